The van der Waals surface area contributed by atoms with Crippen LogP contribution in [0.4, 0.5) is 22.7 Å². The van der Waals surface area contributed by atoms with E-state index in [1.807, 2.05) is 97.1 Å². The van der Waals surface area contributed by atoms with Gasteiger partial charge in [0.1, 0.15) is 47.5 Å². The Labute approximate surface area is 389 Å². The standard InChI is InChI=1S/2C26H29N3O.2BrH/c2*1-4-10-22(11-5-1)26(27-23-12-6-2-7-13-23)28-24-14-16-25(17-15-24)30-21-20-29-18-8-3-9-19-29;;/h2*1-2,4-7,10-17H,3,8-9,18-21H2,(H,27,28);2*1H. The molecule has 0 bridgehead atoms. The molecular weight excluding hydrogens is 900 g/mol. The maximum atomic E-state index is 5.96. The summed E-state index contributed by atoms with van der Waals surface area (Å²) in [6.45, 7) is 8.32. The summed E-state index contributed by atoms with van der Waals surface area (Å²) in [5.41, 5.74) is 6.32. The number of piperidine rings is 2. The number of anilines is 2. The van der Waals surface area contributed by atoms with Crippen LogP contribution in [-0.2, 0) is 0 Å². The van der Waals surface area contributed by atoms with Crippen LogP contribution in [0.1, 0.15) is 49.7 Å². The van der Waals surface area contributed by atoms with Crippen LogP contribution in [0, 0.1) is 0 Å². The second-order valence-corrected chi connectivity index (χ2v) is 15.3. The number of halogens is 2. The molecule has 6 aromatic rings. The topological polar surface area (TPSA) is 76.9 Å². The van der Waals surface area contributed by atoms with Gasteiger partial charge in [0.2, 0.25) is 0 Å². The first-order chi connectivity index (χ1) is 29.7. The summed E-state index contributed by atoms with van der Waals surface area (Å²) in [7, 11) is 0. The molecule has 8 rings (SSSR count). The minimum atomic E-state index is 0. The van der Waals surface area contributed by atoms with Crippen LogP contribution in [0.3, 0.4) is 0 Å². The van der Waals surface area contributed by atoms with Gasteiger partial charge < -0.3 is 43.4 Å². The number of rotatable bonds is 14. The average molecular weight is 961 g/mol. The molecule has 0 amide bonds. The molecule has 62 heavy (non-hydrogen) atoms. The Balaban J connectivity index is 0.000000227. The van der Waals surface area contributed by atoms with E-state index in [0.717, 1.165) is 83.3 Å². The van der Waals surface area contributed by atoms with E-state index in [9.17, 15) is 0 Å². The Kier molecular flexibility index (Phi) is 20.8. The van der Waals surface area contributed by atoms with E-state index in [0.29, 0.717) is 0 Å². The third kappa shape index (κ3) is 16.2. The molecule has 2 saturated heterocycles. The van der Waals surface area contributed by atoms with Gasteiger partial charge in [0.05, 0.1) is 11.1 Å². The van der Waals surface area contributed by atoms with Gasteiger partial charge in [-0.3, -0.25) is 9.80 Å². The second-order valence-electron chi connectivity index (χ2n) is 15.3. The van der Waals surface area contributed by atoms with Crippen molar-refractivity contribution in [3.63, 3.8) is 0 Å². The number of nitrogens with zero attached hydrogens (tertiary/aromatic N) is 2. The average Bonchev–Trinajstić information content (AvgIpc) is 3.32. The molecule has 2 heterocycles. The van der Waals surface area contributed by atoms with Crippen LogP contribution >= 0.6 is 0 Å². The van der Waals surface area contributed by atoms with E-state index in [2.05, 4.69) is 103 Å². The van der Waals surface area contributed by atoms with E-state index < -0.39 is 0 Å². The van der Waals surface area contributed by atoms with Crippen molar-refractivity contribution in [1.29, 1.82) is 0 Å². The lowest BCUT2D eigenvalue weighted by atomic mass is 10.1. The highest BCUT2D eigenvalue weighted by Crippen LogP contribution is 2.16. The summed E-state index contributed by atoms with van der Waals surface area (Å²) < 4.78 is 11.9. The van der Waals surface area contributed by atoms with Crippen molar-refractivity contribution >= 4 is 34.4 Å². The lowest BCUT2D eigenvalue weighted by Crippen LogP contribution is -3.00. The molecule has 4 N–H and O–H groups in total. The number of hydrogen-bond acceptors (Lipinski definition) is 4. The third-order valence-corrected chi connectivity index (χ3v) is 10.7. The number of nitrogens with one attached hydrogen (secondary N) is 4. The van der Waals surface area contributed by atoms with E-state index in [4.69, 9.17) is 9.47 Å². The minimum absolute atomic E-state index is 0. The number of benzene rings is 6. The monoisotopic (exact) mass is 958 g/mol. The van der Waals surface area contributed by atoms with E-state index >= 15 is 0 Å². The quantitative estimate of drug-likeness (QED) is 0.0985. The van der Waals surface area contributed by atoms with Gasteiger partial charge in [-0.15, -0.1) is 0 Å². The summed E-state index contributed by atoms with van der Waals surface area (Å²) in [4.78, 5) is 12.0. The normalized spacial score (nSPS) is 14.5. The van der Waals surface area contributed by atoms with Crippen molar-refractivity contribution in [3.8, 4) is 11.5 Å². The van der Waals surface area contributed by atoms with Gasteiger partial charge in [-0.05, 0) is 149 Å². The molecule has 2 aliphatic rings. The second kappa shape index (κ2) is 26.9. The zero-order valence-electron chi connectivity index (χ0n) is 35.5. The molecule has 0 aromatic heterocycles. The smallest absolute Gasteiger partial charge is 0.285 e. The summed E-state index contributed by atoms with van der Waals surface area (Å²) in [6.07, 6.45) is 8.00. The number of ether oxygens (including phenoxy) is 2. The van der Waals surface area contributed by atoms with Crippen molar-refractivity contribution in [1.82, 2.24) is 9.80 Å². The predicted octanol–water partition coefficient (Wildman–Crippen LogP) is 1.65. The molecule has 324 valence electrons. The molecule has 0 unspecified atom stereocenters. The maximum Gasteiger partial charge on any atom is 0.285 e. The van der Waals surface area contributed by atoms with Gasteiger partial charge in [-0.1, -0.05) is 85.6 Å². The molecule has 10 heteroatoms. The first-order valence-electron chi connectivity index (χ1n) is 21.7. The van der Waals surface area contributed by atoms with Crippen LogP contribution in [-0.4, -0.2) is 74.0 Å². The Bertz CT molecular complexity index is 2010. The molecule has 0 aliphatic carbocycles. The largest absolute Gasteiger partial charge is 1.00 e. The highest BCUT2D eigenvalue weighted by atomic mass is 79.9. The SMILES string of the molecule is [Br-].[Br-].c1ccc(NC(=[NH+]c2ccc(OCCN3CCCCC3)cc2)c2ccccc2)cc1.c1ccc(NC(=[NH+]c2ccc(OCCN3CCCCC3)cc2)c2ccccc2)cc1. The van der Waals surface area contributed by atoms with Gasteiger partial charge in [0.25, 0.3) is 11.7 Å². The van der Waals surface area contributed by atoms with Gasteiger partial charge in [-0.25, -0.2) is 20.6 Å². The van der Waals surface area contributed by atoms with E-state index in [1.54, 1.807) is 0 Å². The van der Waals surface area contributed by atoms with Gasteiger partial charge >= 0.3 is 0 Å². The fraction of sp³-hybridized carbons (Fsp3) is 0.269. The Morgan fingerprint density at radius 1 is 0.403 bits per heavy atom. The van der Waals surface area contributed by atoms with Crippen molar-refractivity contribution < 1.29 is 53.4 Å². The molecule has 6 aromatic carbocycles. The first kappa shape index (κ1) is 47.8. The van der Waals surface area contributed by atoms with Crippen molar-refractivity contribution in [2.45, 2.75) is 38.5 Å². The molecule has 0 saturated carbocycles. The van der Waals surface area contributed by atoms with Crippen LogP contribution in [0.2, 0.25) is 0 Å². The van der Waals surface area contributed by atoms with Crippen molar-refractivity contribution in [2.24, 2.45) is 0 Å². The van der Waals surface area contributed by atoms with E-state index in [1.165, 1.54) is 64.7 Å². The van der Waals surface area contributed by atoms with Gasteiger partial charge in [0.15, 0.2) is 0 Å². The summed E-state index contributed by atoms with van der Waals surface area (Å²) >= 11 is 0. The first-order valence-corrected chi connectivity index (χ1v) is 21.7. The lowest BCUT2D eigenvalue weighted by Gasteiger charge is -2.26. The lowest BCUT2D eigenvalue weighted by molar-refractivity contribution is -0.353. The van der Waals surface area contributed by atoms with Crippen LogP contribution in [0.25, 0.3) is 0 Å². The van der Waals surface area contributed by atoms with Gasteiger partial charge in [0, 0.05) is 13.1 Å². The Hall–Kier alpha value is -5.26. The molecular formula is C52H60Br2N6O2. The van der Waals surface area contributed by atoms with E-state index in [-0.39, 0.29) is 34.0 Å². The highest BCUT2D eigenvalue weighted by molar-refractivity contribution is 6.05. The third-order valence-electron chi connectivity index (χ3n) is 10.7. The summed E-state index contributed by atoms with van der Waals surface area (Å²) in [5.74, 6) is 3.71. The zero-order chi connectivity index (χ0) is 40.9. The Morgan fingerprint density at radius 3 is 1.06 bits per heavy atom. The van der Waals surface area contributed by atoms with Crippen molar-refractivity contribution in [2.75, 3.05) is 63.1 Å². The number of likely N-dealkylation sites (tertiary alicyclic amines) is 2. The molecule has 0 radical (unpaired) electrons. The zero-order valence-corrected chi connectivity index (χ0v) is 38.7. The molecule has 8 nitrogen and oxygen atoms in total. The maximum absolute atomic E-state index is 5.96. The number of para-hydroxylation sites is 2. The fourth-order valence-electron chi connectivity index (χ4n) is 7.40. The fourth-order valence-corrected chi connectivity index (χ4v) is 7.40. The highest BCUT2D eigenvalue weighted by Gasteiger charge is 2.14. The van der Waals surface area contributed by atoms with Crippen LogP contribution < -0.4 is 64.1 Å². The summed E-state index contributed by atoms with van der Waals surface area (Å²) in [6, 6.07) is 57.4. The van der Waals surface area contributed by atoms with Crippen LogP contribution in [0.15, 0.2) is 170 Å². The molecule has 0 spiro atoms. The minimum Gasteiger partial charge on any atom is -1.00 e. The summed E-state index contributed by atoms with van der Waals surface area (Å²) in [5, 5.41) is 7.00. The molecule has 0 atom stereocenters. The van der Waals surface area contributed by atoms with Gasteiger partial charge in [-0.2, -0.15) is 0 Å². The molecule has 2 fully saturated rings. The predicted molar refractivity (Wildman–Crippen MR) is 247 cm³/mol. The Morgan fingerprint density at radius 2 is 0.726 bits per heavy atom. The van der Waals surface area contributed by atoms with Crippen LogP contribution in [0.5, 0.6) is 11.5 Å². The number of hydrogen-bond donors (Lipinski definition) is 4. The molecule has 2 aliphatic heterocycles. The van der Waals surface area contributed by atoms with Crippen molar-refractivity contribution in [3.05, 3.63) is 181 Å². The number of amidine groups is 2.